The van der Waals surface area contributed by atoms with Crippen LogP contribution in [0.2, 0.25) is 0 Å². The van der Waals surface area contributed by atoms with Crippen molar-refractivity contribution < 1.29 is 13.9 Å². The average Bonchev–Trinajstić information content (AvgIpc) is 2.64. The zero-order valence-electron chi connectivity index (χ0n) is 11.7. The maximum absolute atomic E-state index is 11.8. The van der Waals surface area contributed by atoms with E-state index >= 15 is 0 Å². The molecule has 1 rings (SSSR count). The van der Waals surface area contributed by atoms with Gasteiger partial charge in [-0.05, 0) is 33.1 Å². The van der Waals surface area contributed by atoms with Gasteiger partial charge in [-0.2, -0.15) is 0 Å². The Morgan fingerprint density at radius 1 is 1.50 bits per heavy atom. The Hall–Kier alpha value is -1.52. The van der Waals surface area contributed by atoms with Crippen molar-refractivity contribution in [2.24, 2.45) is 5.92 Å². The molecule has 1 N–H and O–H groups in total. The van der Waals surface area contributed by atoms with Crippen molar-refractivity contribution in [2.45, 2.75) is 52.7 Å². The fraction of sp³-hybridized carbons (Fsp3) is 0.692. The first-order valence-electron chi connectivity index (χ1n) is 6.16. The molecule has 18 heavy (non-hydrogen) atoms. The molecule has 5 nitrogen and oxygen atoms in total. The lowest BCUT2D eigenvalue weighted by molar-refractivity contribution is 0.0491. The molecule has 0 saturated heterocycles. The third-order valence-corrected chi connectivity index (χ3v) is 2.19. The van der Waals surface area contributed by atoms with Crippen LogP contribution < -0.4 is 5.32 Å². The Morgan fingerprint density at radius 3 is 2.61 bits per heavy atom. The molecule has 0 fully saturated rings. The van der Waals surface area contributed by atoms with Crippen molar-refractivity contribution >= 4 is 6.09 Å². The average molecular weight is 254 g/mol. The summed E-state index contributed by atoms with van der Waals surface area (Å²) < 4.78 is 10.5. The van der Waals surface area contributed by atoms with Crippen LogP contribution in [-0.2, 0) is 4.74 Å². The first-order chi connectivity index (χ1) is 8.28. The van der Waals surface area contributed by atoms with E-state index < -0.39 is 11.7 Å². The zero-order chi connectivity index (χ0) is 13.8. The molecule has 5 heteroatoms. The van der Waals surface area contributed by atoms with Gasteiger partial charge in [0.2, 0.25) is 0 Å². The summed E-state index contributed by atoms with van der Waals surface area (Å²) in [6.07, 6.45) is 3.31. The molecule has 1 aromatic rings. The van der Waals surface area contributed by atoms with Crippen molar-refractivity contribution in [2.75, 3.05) is 0 Å². The van der Waals surface area contributed by atoms with Crippen LogP contribution in [0.3, 0.4) is 0 Å². The smallest absolute Gasteiger partial charge is 0.408 e. The maximum Gasteiger partial charge on any atom is 0.408 e. The minimum Gasteiger partial charge on any atom is -0.446 e. The summed E-state index contributed by atoms with van der Waals surface area (Å²) >= 11 is 0. The first kappa shape index (κ1) is 14.5. The maximum atomic E-state index is 11.8. The molecule has 1 amide bonds. The predicted molar refractivity (Wildman–Crippen MR) is 68.1 cm³/mol. The van der Waals surface area contributed by atoms with Crippen molar-refractivity contribution in [1.82, 2.24) is 10.3 Å². The summed E-state index contributed by atoms with van der Waals surface area (Å²) in [6, 6.07) is -0.206. The van der Waals surface area contributed by atoms with Gasteiger partial charge in [-0.15, -0.1) is 0 Å². The van der Waals surface area contributed by atoms with E-state index in [-0.39, 0.29) is 6.04 Å². The Balaban J connectivity index is 2.65. The van der Waals surface area contributed by atoms with Crippen molar-refractivity contribution in [3.8, 4) is 0 Å². The zero-order valence-corrected chi connectivity index (χ0v) is 11.7. The molecule has 1 atom stereocenters. The second-order valence-electron chi connectivity index (χ2n) is 5.73. The molecule has 0 saturated carbocycles. The topological polar surface area (TPSA) is 64.4 Å². The van der Waals surface area contributed by atoms with Gasteiger partial charge in [-0.25, -0.2) is 9.78 Å². The lowest BCUT2D eigenvalue weighted by Gasteiger charge is -2.23. The van der Waals surface area contributed by atoms with E-state index in [1.807, 2.05) is 20.8 Å². The van der Waals surface area contributed by atoms with Crippen LogP contribution in [0.25, 0.3) is 0 Å². The van der Waals surface area contributed by atoms with Gasteiger partial charge < -0.3 is 14.5 Å². The molecular weight excluding hydrogens is 232 g/mol. The van der Waals surface area contributed by atoms with E-state index in [9.17, 15) is 4.79 Å². The van der Waals surface area contributed by atoms with Gasteiger partial charge in [0, 0.05) is 0 Å². The summed E-state index contributed by atoms with van der Waals surface area (Å²) in [4.78, 5) is 15.6. The van der Waals surface area contributed by atoms with Crippen molar-refractivity contribution in [1.29, 1.82) is 0 Å². The molecule has 0 aromatic carbocycles. The van der Waals surface area contributed by atoms with Crippen LogP contribution in [0.15, 0.2) is 17.0 Å². The number of alkyl carbamates (subject to hydrolysis) is 1. The summed E-state index contributed by atoms with van der Waals surface area (Å²) in [7, 11) is 0. The van der Waals surface area contributed by atoms with Gasteiger partial charge in [0.1, 0.15) is 11.4 Å². The SMILES string of the molecule is CC(C)CC(NC(=O)OC(C)(C)C)c1cnco1. The highest BCUT2D eigenvalue weighted by Gasteiger charge is 2.23. The van der Waals surface area contributed by atoms with Gasteiger partial charge in [-0.3, -0.25) is 0 Å². The lowest BCUT2D eigenvalue weighted by Crippen LogP contribution is -2.35. The predicted octanol–water partition coefficient (Wildman–Crippen LogP) is 3.29. The second kappa shape index (κ2) is 5.89. The fourth-order valence-electron chi connectivity index (χ4n) is 1.57. The normalized spacial score (nSPS) is 13.4. The third-order valence-electron chi connectivity index (χ3n) is 2.19. The van der Waals surface area contributed by atoms with E-state index in [2.05, 4.69) is 24.1 Å². The van der Waals surface area contributed by atoms with Crippen LogP contribution in [0.5, 0.6) is 0 Å². The van der Waals surface area contributed by atoms with Gasteiger partial charge in [0.05, 0.1) is 12.2 Å². The fourth-order valence-corrected chi connectivity index (χ4v) is 1.57. The van der Waals surface area contributed by atoms with Crippen LogP contribution >= 0.6 is 0 Å². The number of hydrogen-bond donors (Lipinski definition) is 1. The number of ether oxygens (including phenoxy) is 1. The highest BCUT2D eigenvalue weighted by Crippen LogP contribution is 2.21. The van der Waals surface area contributed by atoms with Crippen LogP contribution in [-0.4, -0.2) is 16.7 Å². The number of amides is 1. The van der Waals surface area contributed by atoms with Crippen LogP contribution in [0.4, 0.5) is 4.79 Å². The number of carbonyl (C=O) groups excluding carboxylic acids is 1. The summed E-state index contributed by atoms with van der Waals surface area (Å²) in [5, 5.41) is 2.81. The number of hydrogen-bond acceptors (Lipinski definition) is 4. The number of nitrogens with zero attached hydrogens (tertiary/aromatic N) is 1. The van der Waals surface area contributed by atoms with Crippen LogP contribution in [0, 0.1) is 5.92 Å². The Morgan fingerprint density at radius 2 is 2.17 bits per heavy atom. The highest BCUT2D eigenvalue weighted by molar-refractivity contribution is 5.68. The number of rotatable bonds is 4. The molecule has 0 aliphatic heterocycles. The van der Waals surface area contributed by atoms with E-state index in [1.165, 1.54) is 6.39 Å². The molecule has 1 aromatic heterocycles. The van der Waals surface area contributed by atoms with Crippen molar-refractivity contribution in [3.63, 3.8) is 0 Å². The van der Waals surface area contributed by atoms with E-state index in [0.717, 1.165) is 6.42 Å². The largest absolute Gasteiger partial charge is 0.446 e. The quantitative estimate of drug-likeness (QED) is 0.895. The van der Waals surface area contributed by atoms with E-state index in [4.69, 9.17) is 9.15 Å². The van der Waals surface area contributed by atoms with Crippen molar-refractivity contribution in [3.05, 3.63) is 18.4 Å². The summed E-state index contributed by atoms with van der Waals surface area (Å²) in [5.74, 6) is 1.07. The Kier molecular flexibility index (Phi) is 4.76. The molecule has 0 aliphatic rings. The summed E-state index contributed by atoms with van der Waals surface area (Å²) in [5.41, 5.74) is -0.506. The molecule has 1 heterocycles. The molecule has 0 radical (unpaired) electrons. The van der Waals surface area contributed by atoms with Gasteiger partial charge in [0.25, 0.3) is 0 Å². The van der Waals surface area contributed by atoms with Gasteiger partial charge in [-0.1, -0.05) is 13.8 Å². The molecule has 0 aliphatic carbocycles. The van der Waals surface area contributed by atoms with Crippen LogP contribution in [0.1, 0.15) is 52.8 Å². The second-order valence-corrected chi connectivity index (χ2v) is 5.73. The first-order valence-corrected chi connectivity index (χ1v) is 6.16. The minimum atomic E-state index is -0.506. The highest BCUT2D eigenvalue weighted by atomic mass is 16.6. The number of nitrogens with one attached hydrogen (secondary N) is 1. The van der Waals surface area contributed by atoms with E-state index in [1.54, 1.807) is 6.20 Å². The Labute approximate surface area is 108 Å². The standard InChI is InChI=1S/C13H22N2O3/c1-9(2)6-10(11-7-14-8-17-11)15-12(16)18-13(3,4)5/h7-10H,6H2,1-5H3,(H,15,16). The monoisotopic (exact) mass is 254 g/mol. The van der Waals surface area contributed by atoms with E-state index in [0.29, 0.717) is 11.7 Å². The molecule has 0 bridgehead atoms. The molecular formula is C13H22N2O3. The number of oxazole rings is 1. The minimum absolute atomic E-state index is 0.206. The molecule has 102 valence electrons. The molecule has 1 unspecified atom stereocenters. The molecule has 0 spiro atoms. The number of carbonyl (C=O) groups is 1. The lowest BCUT2D eigenvalue weighted by atomic mass is 10.0. The van der Waals surface area contributed by atoms with Gasteiger partial charge >= 0.3 is 6.09 Å². The Bertz CT molecular complexity index is 366. The number of aromatic nitrogens is 1. The van der Waals surface area contributed by atoms with Gasteiger partial charge in [0.15, 0.2) is 6.39 Å². The summed E-state index contributed by atoms with van der Waals surface area (Å²) in [6.45, 7) is 9.66. The third kappa shape index (κ3) is 5.21.